The minimum Gasteiger partial charge on any atom is -0.805 e. The van der Waals surface area contributed by atoms with Crippen LogP contribution in [-0.2, 0) is 11.3 Å². The molecule has 3 nitrogen and oxygen atoms in total. The molecule has 1 aromatic carbocycles. The van der Waals surface area contributed by atoms with Gasteiger partial charge in [-0.05, 0) is 42.8 Å². The molecule has 0 saturated heterocycles. The molecule has 1 atom stereocenters. The fourth-order valence-electron chi connectivity index (χ4n) is 2.30. The predicted octanol–water partition coefficient (Wildman–Crippen LogP) is 3.35. The van der Waals surface area contributed by atoms with E-state index in [9.17, 15) is 9.42 Å². The van der Waals surface area contributed by atoms with Gasteiger partial charge < -0.3 is 9.94 Å². The molecule has 1 heterocycles. The van der Waals surface area contributed by atoms with Gasteiger partial charge in [-0.15, -0.1) is 0 Å². The van der Waals surface area contributed by atoms with Crippen molar-refractivity contribution in [1.82, 2.24) is 4.73 Å². The van der Waals surface area contributed by atoms with Gasteiger partial charge in [-0.1, -0.05) is 36.8 Å². The number of hydrogen-bond donors (Lipinski definition) is 0. The summed E-state index contributed by atoms with van der Waals surface area (Å²) >= 11 is 0.256. The summed E-state index contributed by atoms with van der Waals surface area (Å²) in [6.45, 7) is 6.11. The zero-order valence-electron chi connectivity index (χ0n) is 11.2. The van der Waals surface area contributed by atoms with Crippen molar-refractivity contribution in [3.63, 3.8) is 0 Å². The van der Waals surface area contributed by atoms with Crippen molar-refractivity contribution in [2.75, 3.05) is 0 Å². The number of aromatic nitrogens is 1. The summed E-state index contributed by atoms with van der Waals surface area (Å²) in [5, 5.41) is 11.7. The Hall–Kier alpha value is -1.81. The SMILES string of the molecule is Cc1ccc(C)c(C(C)c2cccn([O-])c2=S=O)c1. The van der Waals surface area contributed by atoms with Crippen molar-refractivity contribution < 1.29 is 4.21 Å². The van der Waals surface area contributed by atoms with Crippen LogP contribution >= 0.6 is 0 Å². The second kappa shape index (κ2) is 5.45. The van der Waals surface area contributed by atoms with Crippen LogP contribution in [0.4, 0.5) is 0 Å². The van der Waals surface area contributed by atoms with Crippen LogP contribution < -0.4 is 0 Å². The largest absolute Gasteiger partial charge is 0.805 e. The molecule has 0 bridgehead atoms. The molecule has 0 amide bonds. The van der Waals surface area contributed by atoms with Crippen molar-refractivity contribution in [3.05, 3.63) is 68.6 Å². The van der Waals surface area contributed by atoms with E-state index in [4.69, 9.17) is 0 Å². The monoisotopic (exact) mass is 274 g/mol. The number of benzene rings is 1. The van der Waals surface area contributed by atoms with Crippen LogP contribution in [0.5, 0.6) is 0 Å². The number of rotatable bonds is 2. The van der Waals surface area contributed by atoms with E-state index in [1.165, 1.54) is 17.3 Å². The lowest BCUT2D eigenvalue weighted by Crippen LogP contribution is -2.04. The first-order valence-corrected chi connectivity index (χ1v) is 6.87. The van der Waals surface area contributed by atoms with Gasteiger partial charge in [0.15, 0.2) is 0 Å². The molecule has 0 spiro atoms. The zero-order chi connectivity index (χ0) is 14.0. The lowest BCUT2D eigenvalue weighted by Gasteiger charge is -2.19. The van der Waals surface area contributed by atoms with E-state index in [1.54, 1.807) is 6.07 Å². The quantitative estimate of drug-likeness (QED) is 0.788. The van der Waals surface area contributed by atoms with E-state index in [2.05, 4.69) is 18.2 Å². The Morgan fingerprint density at radius 3 is 2.63 bits per heavy atom. The van der Waals surface area contributed by atoms with Gasteiger partial charge >= 0.3 is 0 Å². The van der Waals surface area contributed by atoms with Crippen LogP contribution in [-0.4, -0.2) is 8.94 Å². The Balaban J connectivity index is 2.63. The Bertz CT molecular complexity index is 700. The zero-order valence-corrected chi connectivity index (χ0v) is 12.0. The number of nitrogens with zero attached hydrogens (tertiary/aromatic N) is 1. The molecule has 2 rings (SSSR count). The molecule has 100 valence electrons. The molecular formula is C15H16NO2S-. The molecule has 0 aliphatic rings. The normalized spacial score (nSPS) is 12.2. The van der Waals surface area contributed by atoms with E-state index in [-0.39, 0.29) is 21.8 Å². The van der Waals surface area contributed by atoms with Crippen molar-refractivity contribution in [3.8, 4) is 0 Å². The molecule has 0 saturated carbocycles. The highest BCUT2D eigenvalue weighted by Crippen LogP contribution is 2.27. The maximum absolute atomic E-state index is 11.7. The lowest BCUT2D eigenvalue weighted by atomic mass is 9.90. The summed E-state index contributed by atoms with van der Waals surface area (Å²) in [4.78, 5) is 0. The number of hydrogen-bond acceptors (Lipinski definition) is 2. The van der Waals surface area contributed by atoms with Gasteiger partial charge in [-0.2, -0.15) is 0 Å². The van der Waals surface area contributed by atoms with Crippen LogP contribution in [0, 0.1) is 23.7 Å². The highest BCUT2D eigenvalue weighted by atomic mass is 32.1. The summed E-state index contributed by atoms with van der Waals surface area (Å²) in [6, 6.07) is 9.78. The average molecular weight is 274 g/mol. The third kappa shape index (κ3) is 2.63. The van der Waals surface area contributed by atoms with Gasteiger partial charge in [0, 0.05) is 5.92 Å². The molecule has 0 aliphatic heterocycles. The van der Waals surface area contributed by atoms with Gasteiger partial charge in [0.2, 0.25) is 0 Å². The summed E-state index contributed by atoms with van der Waals surface area (Å²) in [7, 11) is 0. The summed E-state index contributed by atoms with van der Waals surface area (Å²) < 4.78 is 12.0. The predicted molar refractivity (Wildman–Crippen MR) is 78.0 cm³/mol. The van der Waals surface area contributed by atoms with Crippen LogP contribution in [0.15, 0.2) is 36.5 Å². The van der Waals surface area contributed by atoms with Crippen LogP contribution in [0.3, 0.4) is 0 Å². The summed E-state index contributed by atoms with van der Waals surface area (Å²) in [5.41, 5.74) is 4.28. The Morgan fingerprint density at radius 2 is 1.95 bits per heavy atom. The Labute approximate surface area is 116 Å². The van der Waals surface area contributed by atoms with E-state index < -0.39 is 0 Å². The van der Waals surface area contributed by atoms with Crippen LogP contribution in [0.25, 0.3) is 0 Å². The van der Waals surface area contributed by atoms with Crippen LogP contribution in [0.2, 0.25) is 0 Å². The van der Waals surface area contributed by atoms with E-state index in [0.29, 0.717) is 4.73 Å². The van der Waals surface area contributed by atoms with E-state index in [1.807, 2.05) is 26.8 Å². The lowest BCUT2D eigenvalue weighted by molar-refractivity contribution is 0.698. The van der Waals surface area contributed by atoms with Crippen molar-refractivity contribution in [1.29, 1.82) is 0 Å². The molecule has 0 radical (unpaired) electrons. The first-order valence-electron chi connectivity index (χ1n) is 6.13. The Morgan fingerprint density at radius 1 is 1.21 bits per heavy atom. The van der Waals surface area contributed by atoms with Crippen molar-refractivity contribution >= 4 is 11.3 Å². The molecule has 2 aromatic rings. The molecule has 1 aromatic heterocycles. The standard InChI is InChI=1S/C15H16NO2S/c1-10-6-7-11(2)14(9-10)12(3)13-5-4-8-16(17)15(13)19-18/h4-9,12H,1-3H3/q-1. The molecule has 1 unspecified atom stereocenters. The topological polar surface area (TPSA) is 45.1 Å². The van der Waals surface area contributed by atoms with Gasteiger partial charge in [-0.3, -0.25) is 0 Å². The van der Waals surface area contributed by atoms with Gasteiger partial charge in [0.05, 0.1) is 0 Å². The highest BCUT2D eigenvalue weighted by Gasteiger charge is 2.13. The van der Waals surface area contributed by atoms with Crippen LogP contribution in [0.1, 0.15) is 35.1 Å². The molecular weight excluding hydrogens is 258 g/mol. The number of pyridine rings is 1. The number of aryl methyl sites for hydroxylation is 2. The minimum atomic E-state index is 0.0257. The average Bonchev–Trinajstić information content (AvgIpc) is 2.40. The molecule has 0 fully saturated rings. The van der Waals surface area contributed by atoms with Gasteiger partial charge in [-0.25, -0.2) is 4.21 Å². The maximum Gasteiger partial charge on any atom is 0.135 e. The smallest absolute Gasteiger partial charge is 0.135 e. The molecule has 0 aliphatic carbocycles. The van der Waals surface area contributed by atoms with Crippen molar-refractivity contribution in [2.24, 2.45) is 0 Å². The van der Waals surface area contributed by atoms with Crippen molar-refractivity contribution in [2.45, 2.75) is 26.7 Å². The summed E-state index contributed by atoms with van der Waals surface area (Å²) in [5.74, 6) is 0.0257. The fraction of sp³-hybridized carbons (Fsp3) is 0.267. The molecule has 19 heavy (non-hydrogen) atoms. The van der Waals surface area contributed by atoms with E-state index >= 15 is 0 Å². The Kier molecular flexibility index (Phi) is 3.90. The fourth-order valence-corrected chi connectivity index (χ4v) is 2.77. The first kappa shape index (κ1) is 13.6. The maximum atomic E-state index is 11.7. The van der Waals surface area contributed by atoms with Gasteiger partial charge in [0.25, 0.3) is 0 Å². The summed E-state index contributed by atoms with van der Waals surface area (Å²) in [6.07, 6.45) is 1.36. The second-order valence-electron chi connectivity index (χ2n) is 4.76. The van der Waals surface area contributed by atoms with E-state index in [0.717, 1.165) is 11.1 Å². The first-order chi connectivity index (χ1) is 9.04. The highest BCUT2D eigenvalue weighted by molar-refractivity contribution is 7.56. The minimum absolute atomic E-state index is 0.0257. The third-order valence-electron chi connectivity index (χ3n) is 3.39. The second-order valence-corrected chi connectivity index (χ2v) is 5.31. The molecule has 0 N–H and O–H groups in total. The molecule has 4 heteroatoms. The third-order valence-corrected chi connectivity index (χ3v) is 3.96. The van der Waals surface area contributed by atoms with Gasteiger partial charge in [0.1, 0.15) is 15.9 Å².